The predicted octanol–water partition coefficient (Wildman–Crippen LogP) is 3.19. The van der Waals surface area contributed by atoms with Gasteiger partial charge in [0, 0.05) is 13.1 Å². The van der Waals surface area contributed by atoms with Gasteiger partial charge in [0.2, 0.25) is 0 Å². The Hall–Kier alpha value is -1.33. The maximum Gasteiger partial charge on any atom is 0.0671 e. The summed E-state index contributed by atoms with van der Waals surface area (Å²) in [7, 11) is 0. The predicted molar refractivity (Wildman–Crippen MR) is 71.6 cm³/mol. The third-order valence-electron chi connectivity index (χ3n) is 3.15. The molecule has 0 aliphatic carbocycles. The first kappa shape index (κ1) is 13.7. The van der Waals surface area contributed by atoms with Crippen molar-refractivity contribution in [1.29, 1.82) is 5.26 Å². The van der Waals surface area contributed by atoms with Gasteiger partial charge in [-0.05, 0) is 30.9 Å². The molecular formula is C15H22N2. The molecule has 0 heterocycles. The summed E-state index contributed by atoms with van der Waals surface area (Å²) < 4.78 is 0. The number of nitrogens with one attached hydrogen (secondary N) is 1. The molecule has 17 heavy (non-hydrogen) atoms. The summed E-state index contributed by atoms with van der Waals surface area (Å²) in [6, 6.07) is 8.84. The Morgan fingerprint density at radius 3 is 2.53 bits per heavy atom. The first-order chi connectivity index (χ1) is 8.04. The van der Waals surface area contributed by atoms with Crippen molar-refractivity contribution in [1.82, 2.24) is 5.32 Å². The second-order valence-corrected chi connectivity index (χ2v) is 5.04. The van der Waals surface area contributed by atoms with Crippen LogP contribution < -0.4 is 5.32 Å². The molecule has 92 valence electrons. The molecule has 0 aromatic heterocycles. The number of aryl methyl sites for hydroxylation is 2. The van der Waals surface area contributed by atoms with E-state index in [-0.39, 0.29) is 5.92 Å². The molecule has 1 unspecified atom stereocenters. The van der Waals surface area contributed by atoms with Crippen LogP contribution in [0.2, 0.25) is 0 Å². The molecule has 0 saturated heterocycles. The maximum absolute atomic E-state index is 8.99. The van der Waals surface area contributed by atoms with E-state index in [4.69, 9.17) is 5.26 Å². The van der Waals surface area contributed by atoms with Gasteiger partial charge < -0.3 is 5.32 Å². The lowest BCUT2D eigenvalue weighted by Gasteiger charge is -2.14. The SMILES string of the molecule is Cc1ccc(CNCC(C#N)C(C)C)c(C)c1. The van der Waals surface area contributed by atoms with E-state index in [1.807, 2.05) is 0 Å². The molecular weight excluding hydrogens is 208 g/mol. The number of nitrogens with zero attached hydrogens (tertiary/aromatic N) is 1. The Morgan fingerprint density at radius 1 is 1.29 bits per heavy atom. The summed E-state index contributed by atoms with van der Waals surface area (Å²) in [5.74, 6) is 0.507. The summed E-state index contributed by atoms with van der Waals surface area (Å²) in [4.78, 5) is 0. The van der Waals surface area contributed by atoms with Crippen LogP contribution in [0.3, 0.4) is 0 Å². The highest BCUT2D eigenvalue weighted by Crippen LogP contribution is 2.11. The van der Waals surface area contributed by atoms with Gasteiger partial charge in [0.25, 0.3) is 0 Å². The van der Waals surface area contributed by atoms with Gasteiger partial charge in [-0.2, -0.15) is 5.26 Å². The fraction of sp³-hybridized carbons (Fsp3) is 0.533. The van der Waals surface area contributed by atoms with Gasteiger partial charge in [0.15, 0.2) is 0 Å². The average Bonchev–Trinajstić information content (AvgIpc) is 2.26. The molecule has 1 atom stereocenters. The number of benzene rings is 1. The molecule has 2 nitrogen and oxygen atoms in total. The fourth-order valence-electron chi connectivity index (χ4n) is 1.84. The van der Waals surface area contributed by atoms with Gasteiger partial charge in [0.05, 0.1) is 12.0 Å². The number of rotatable bonds is 5. The summed E-state index contributed by atoms with van der Waals surface area (Å²) in [6.07, 6.45) is 0. The van der Waals surface area contributed by atoms with Gasteiger partial charge in [-0.1, -0.05) is 37.6 Å². The van der Waals surface area contributed by atoms with Crippen LogP contribution >= 0.6 is 0 Å². The third-order valence-corrected chi connectivity index (χ3v) is 3.15. The Labute approximate surface area is 105 Å². The third kappa shape index (κ3) is 4.20. The Bertz CT molecular complexity index is 402. The second kappa shape index (κ2) is 6.42. The smallest absolute Gasteiger partial charge is 0.0671 e. The molecule has 1 aromatic carbocycles. The molecule has 2 heteroatoms. The Morgan fingerprint density at radius 2 is 2.00 bits per heavy atom. The standard InChI is InChI=1S/C15H22N2/c1-11(2)15(8-16)10-17-9-14-6-5-12(3)7-13(14)4/h5-7,11,15,17H,9-10H2,1-4H3. The molecule has 0 fully saturated rings. The van der Waals surface area contributed by atoms with Gasteiger partial charge in [-0.25, -0.2) is 0 Å². The summed E-state index contributed by atoms with van der Waals surface area (Å²) in [5.41, 5.74) is 3.93. The van der Waals surface area contributed by atoms with Crippen molar-refractivity contribution in [3.05, 3.63) is 34.9 Å². The number of nitriles is 1. The van der Waals surface area contributed by atoms with Crippen LogP contribution in [-0.4, -0.2) is 6.54 Å². The summed E-state index contributed by atoms with van der Waals surface area (Å²) in [6.45, 7) is 10.0. The van der Waals surface area contributed by atoms with Crippen LogP contribution in [-0.2, 0) is 6.54 Å². The van der Waals surface area contributed by atoms with E-state index in [0.717, 1.165) is 13.1 Å². The average molecular weight is 230 g/mol. The monoisotopic (exact) mass is 230 g/mol. The van der Waals surface area contributed by atoms with Crippen molar-refractivity contribution in [2.75, 3.05) is 6.54 Å². The van der Waals surface area contributed by atoms with Crippen LogP contribution in [0.4, 0.5) is 0 Å². The van der Waals surface area contributed by atoms with Crippen molar-refractivity contribution >= 4 is 0 Å². The normalized spacial score (nSPS) is 12.5. The molecule has 0 bridgehead atoms. The highest BCUT2D eigenvalue weighted by molar-refractivity contribution is 5.30. The summed E-state index contributed by atoms with van der Waals surface area (Å²) in [5, 5.41) is 12.4. The van der Waals surface area contributed by atoms with Crippen LogP contribution in [0, 0.1) is 37.0 Å². The van der Waals surface area contributed by atoms with E-state index in [0.29, 0.717) is 5.92 Å². The minimum atomic E-state index is 0.0979. The molecule has 1 N–H and O–H groups in total. The first-order valence-electron chi connectivity index (χ1n) is 6.21. The minimum absolute atomic E-state index is 0.0979. The van der Waals surface area contributed by atoms with Crippen molar-refractivity contribution < 1.29 is 0 Å². The van der Waals surface area contributed by atoms with Crippen LogP contribution in [0.1, 0.15) is 30.5 Å². The molecule has 0 radical (unpaired) electrons. The number of hydrogen-bond acceptors (Lipinski definition) is 2. The zero-order valence-corrected chi connectivity index (χ0v) is 11.2. The van der Waals surface area contributed by atoms with Gasteiger partial charge >= 0.3 is 0 Å². The zero-order valence-electron chi connectivity index (χ0n) is 11.2. The molecule has 1 aromatic rings. The lowest BCUT2D eigenvalue weighted by Crippen LogP contribution is -2.25. The first-order valence-corrected chi connectivity index (χ1v) is 6.21. The van der Waals surface area contributed by atoms with Crippen molar-refractivity contribution in [2.45, 2.75) is 34.2 Å². The van der Waals surface area contributed by atoms with Crippen molar-refractivity contribution in [3.63, 3.8) is 0 Å². The van der Waals surface area contributed by atoms with Gasteiger partial charge in [0.1, 0.15) is 0 Å². The highest BCUT2D eigenvalue weighted by atomic mass is 14.9. The largest absolute Gasteiger partial charge is 0.311 e. The van der Waals surface area contributed by atoms with E-state index in [9.17, 15) is 0 Å². The fourth-order valence-corrected chi connectivity index (χ4v) is 1.84. The van der Waals surface area contributed by atoms with E-state index >= 15 is 0 Å². The van der Waals surface area contributed by atoms with E-state index in [1.165, 1.54) is 16.7 Å². The lowest BCUT2D eigenvalue weighted by molar-refractivity contribution is 0.441. The zero-order chi connectivity index (χ0) is 12.8. The van der Waals surface area contributed by atoms with Gasteiger partial charge in [-0.15, -0.1) is 0 Å². The summed E-state index contributed by atoms with van der Waals surface area (Å²) >= 11 is 0. The lowest BCUT2D eigenvalue weighted by atomic mass is 9.97. The molecule has 1 rings (SSSR count). The molecule has 0 aliphatic heterocycles. The maximum atomic E-state index is 8.99. The number of hydrogen-bond donors (Lipinski definition) is 1. The minimum Gasteiger partial charge on any atom is -0.311 e. The Kier molecular flexibility index (Phi) is 5.18. The van der Waals surface area contributed by atoms with Crippen molar-refractivity contribution in [2.24, 2.45) is 11.8 Å². The highest BCUT2D eigenvalue weighted by Gasteiger charge is 2.11. The molecule has 0 spiro atoms. The van der Waals surface area contributed by atoms with E-state index in [1.54, 1.807) is 0 Å². The Balaban J connectivity index is 2.49. The quantitative estimate of drug-likeness (QED) is 0.843. The topological polar surface area (TPSA) is 35.8 Å². The van der Waals surface area contributed by atoms with E-state index < -0.39 is 0 Å². The second-order valence-electron chi connectivity index (χ2n) is 5.04. The molecule has 0 saturated carbocycles. The van der Waals surface area contributed by atoms with Gasteiger partial charge in [-0.3, -0.25) is 0 Å². The van der Waals surface area contributed by atoms with Crippen molar-refractivity contribution in [3.8, 4) is 6.07 Å². The molecule has 0 amide bonds. The van der Waals surface area contributed by atoms with Crippen LogP contribution in [0.5, 0.6) is 0 Å². The van der Waals surface area contributed by atoms with E-state index in [2.05, 4.69) is 57.3 Å². The van der Waals surface area contributed by atoms with Crippen LogP contribution in [0.25, 0.3) is 0 Å². The molecule has 0 aliphatic rings. The van der Waals surface area contributed by atoms with Crippen LogP contribution in [0.15, 0.2) is 18.2 Å².